The lowest BCUT2D eigenvalue weighted by Crippen LogP contribution is -2.37. The molecule has 0 unspecified atom stereocenters. The van der Waals surface area contributed by atoms with Crippen LogP contribution < -0.4 is 10.9 Å². The molecule has 158 valence electrons. The quantitative estimate of drug-likeness (QED) is 0.460. The van der Waals surface area contributed by atoms with Gasteiger partial charge >= 0.3 is 0 Å². The number of amides is 1. The Balaban J connectivity index is 1.61. The van der Waals surface area contributed by atoms with E-state index in [-0.39, 0.29) is 23.3 Å². The third kappa shape index (κ3) is 4.59. The smallest absolute Gasteiger partial charge is 0.263 e. The van der Waals surface area contributed by atoms with Crippen molar-refractivity contribution in [3.63, 3.8) is 0 Å². The summed E-state index contributed by atoms with van der Waals surface area (Å²) in [5.74, 6) is 0.254. The van der Waals surface area contributed by atoms with Crippen molar-refractivity contribution in [2.45, 2.75) is 63.7 Å². The minimum atomic E-state index is -0.0670. The second-order valence-corrected chi connectivity index (χ2v) is 9.91. The van der Waals surface area contributed by atoms with Crippen LogP contribution in [0.15, 0.2) is 34.3 Å². The molecule has 1 aliphatic rings. The molecule has 30 heavy (non-hydrogen) atoms. The van der Waals surface area contributed by atoms with E-state index in [9.17, 15) is 9.59 Å². The van der Waals surface area contributed by atoms with E-state index in [0.717, 1.165) is 33.8 Å². The summed E-state index contributed by atoms with van der Waals surface area (Å²) in [4.78, 5) is 36.8. The molecule has 3 aromatic heterocycles. The molecule has 0 atom stereocenters. The number of carbonyl (C=O) groups excluding carboxylic acids is 1. The highest BCUT2D eigenvalue weighted by Crippen LogP contribution is 2.28. The van der Waals surface area contributed by atoms with Crippen LogP contribution >= 0.6 is 23.1 Å². The van der Waals surface area contributed by atoms with Crippen LogP contribution in [0.25, 0.3) is 10.2 Å². The highest BCUT2D eigenvalue weighted by atomic mass is 32.2. The topological polar surface area (TPSA) is 76.9 Å². The zero-order valence-corrected chi connectivity index (χ0v) is 18.9. The van der Waals surface area contributed by atoms with Crippen LogP contribution in [0.4, 0.5) is 0 Å². The molecule has 1 saturated carbocycles. The summed E-state index contributed by atoms with van der Waals surface area (Å²) < 4.78 is 1.66. The molecule has 3 heterocycles. The SMILES string of the molecule is Cc1sc2nc(SCC(=O)NC3CCCCC3)n(Cc3ccccn3)c(=O)c2c1C. The van der Waals surface area contributed by atoms with E-state index in [1.807, 2.05) is 32.0 Å². The number of thioether (sulfide) groups is 1. The maximum Gasteiger partial charge on any atom is 0.263 e. The fraction of sp³-hybridized carbons (Fsp3) is 0.455. The van der Waals surface area contributed by atoms with Gasteiger partial charge in [-0.25, -0.2) is 4.98 Å². The van der Waals surface area contributed by atoms with Crippen molar-refractivity contribution in [2.24, 2.45) is 0 Å². The molecular weight excluding hydrogens is 416 g/mol. The summed E-state index contributed by atoms with van der Waals surface area (Å²) in [6.07, 6.45) is 7.44. The maximum absolute atomic E-state index is 13.3. The van der Waals surface area contributed by atoms with Crippen molar-refractivity contribution in [2.75, 3.05) is 5.75 Å². The highest BCUT2D eigenvalue weighted by Gasteiger charge is 2.20. The lowest BCUT2D eigenvalue weighted by atomic mass is 9.95. The maximum atomic E-state index is 13.3. The van der Waals surface area contributed by atoms with Crippen LogP contribution in [0.1, 0.15) is 48.2 Å². The Bertz CT molecular complexity index is 1100. The fourth-order valence-corrected chi connectivity index (χ4v) is 5.74. The molecule has 8 heteroatoms. The van der Waals surface area contributed by atoms with Gasteiger partial charge in [0.15, 0.2) is 5.16 Å². The van der Waals surface area contributed by atoms with Gasteiger partial charge in [-0.05, 0) is 44.4 Å². The number of nitrogens with one attached hydrogen (secondary N) is 1. The first-order chi connectivity index (χ1) is 14.5. The summed E-state index contributed by atoms with van der Waals surface area (Å²) in [5.41, 5.74) is 1.70. The van der Waals surface area contributed by atoms with Crippen LogP contribution in [0, 0.1) is 13.8 Å². The Morgan fingerprint density at radius 3 is 2.80 bits per heavy atom. The second-order valence-electron chi connectivity index (χ2n) is 7.76. The molecule has 1 amide bonds. The zero-order valence-electron chi connectivity index (χ0n) is 17.3. The van der Waals surface area contributed by atoms with E-state index in [4.69, 9.17) is 4.98 Å². The molecular formula is C22H26N4O2S2. The second kappa shape index (κ2) is 9.31. The van der Waals surface area contributed by atoms with Crippen molar-refractivity contribution in [3.8, 4) is 0 Å². The van der Waals surface area contributed by atoms with Crippen LogP contribution in [0.2, 0.25) is 0 Å². The van der Waals surface area contributed by atoms with Crippen LogP contribution in [0.5, 0.6) is 0 Å². The van der Waals surface area contributed by atoms with Crippen LogP contribution in [-0.2, 0) is 11.3 Å². The molecule has 0 aliphatic heterocycles. The van der Waals surface area contributed by atoms with Crippen LogP contribution in [0.3, 0.4) is 0 Å². The minimum absolute atomic E-state index is 0.00386. The van der Waals surface area contributed by atoms with Crippen LogP contribution in [-0.4, -0.2) is 32.2 Å². The number of fused-ring (bicyclic) bond motifs is 1. The molecule has 0 spiro atoms. The molecule has 1 N–H and O–H groups in total. The fourth-order valence-electron chi connectivity index (χ4n) is 3.86. The number of aryl methyl sites for hydroxylation is 2. The Hall–Kier alpha value is -2.19. The third-order valence-corrected chi connectivity index (χ3v) is 7.68. The lowest BCUT2D eigenvalue weighted by molar-refractivity contribution is -0.119. The van der Waals surface area contributed by atoms with Gasteiger partial charge in [-0.1, -0.05) is 37.1 Å². The Morgan fingerprint density at radius 1 is 1.27 bits per heavy atom. The first-order valence-corrected chi connectivity index (χ1v) is 12.2. The minimum Gasteiger partial charge on any atom is -0.353 e. The van der Waals surface area contributed by atoms with E-state index in [1.165, 1.54) is 42.4 Å². The summed E-state index contributed by atoms with van der Waals surface area (Å²) in [7, 11) is 0. The number of thiophene rings is 1. The van der Waals surface area contributed by atoms with Gasteiger partial charge in [-0.3, -0.25) is 19.1 Å². The average molecular weight is 443 g/mol. The van der Waals surface area contributed by atoms with E-state index in [1.54, 1.807) is 10.8 Å². The molecule has 4 rings (SSSR count). The summed E-state index contributed by atoms with van der Waals surface area (Å²) in [6, 6.07) is 5.93. The largest absolute Gasteiger partial charge is 0.353 e. The number of rotatable bonds is 6. The lowest BCUT2D eigenvalue weighted by Gasteiger charge is -2.22. The molecule has 1 fully saturated rings. The number of hydrogen-bond acceptors (Lipinski definition) is 6. The summed E-state index contributed by atoms with van der Waals surface area (Å²) in [5, 5.41) is 4.38. The van der Waals surface area contributed by atoms with Gasteiger partial charge in [0.1, 0.15) is 4.83 Å². The predicted octanol–water partition coefficient (Wildman–Crippen LogP) is 4.06. The number of carbonyl (C=O) groups is 1. The Morgan fingerprint density at radius 2 is 2.07 bits per heavy atom. The Kier molecular flexibility index (Phi) is 6.53. The number of aromatic nitrogens is 3. The molecule has 1 aliphatic carbocycles. The molecule has 0 saturated heterocycles. The van der Waals surface area contributed by atoms with Gasteiger partial charge in [0, 0.05) is 17.1 Å². The van der Waals surface area contributed by atoms with Crippen molar-refractivity contribution >= 4 is 39.2 Å². The van der Waals surface area contributed by atoms with Gasteiger partial charge in [0.25, 0.3) is 5.56 Å². The summed E-state index contributed by atoms with van der Waals surface area (Å²) in [6.45, 7) is 4.31. The predicted molar refractivity (Wildman–Crippen MR) is 122 cm³/mol. The van der Waals surface area contributed by atoms with Gasteiger partial charge in [0.2, 0.25) is 5.91 Å². The Labute approximate surface area is 184 Å². The molecule has 0 radical (unpaired) electrons. The first kappa shape index (κ1) is 21.1. The number of pyridine rings is 1. The molecule has 6 nitrogen and oxygen atoms in total. The van der Waals surface area contributed by atoms with Gasteiger partial charge < -0.3 is 5.32 Å². The van der Waals surface area contributed by atoms with Gasteiger partial charge in [-0.15, -0.1) is 11.3 Å². The standard InChI is InChI=1S/C22H26N4O2S2/c1-14-15(2)30-20-19(14)21(28)26(12-17-10-6-7-11-23-17)22(25-20)29-13-18(27)24-16-8-4-3-5-9-16/h6-7,10-11,16H,3-5,8-9,12-13H2,1-2H3,(H,24,27). The summed E-state index contributed by atoms with van der Waals surface area (Å²) >= 11 is 2.86. The number of nitrogens with zero attached hydrogens (tertiary/aromatic N) is 3. The van der Waals surface area contributed by atoms with E-state index in [2.05, 4.69) is 10.3 Å². The number of hydrogen-bond donors (Lipinski definition) is 1. The zero-order chi connectivity index (χ0) is 21.1. The van der Waals surface area contributed by atoms with Crippen molar-refractivity contribution < 1.29 is 4.79 Å². The van der Waals surface area contributed by atoms with E-state index < -0.39 is 0 Å². The monoisotopic (exact) mass is 442 g/mol. The van der Waals surface area contributed by atoms with E-state index >= 15 is 0 Å². The molecule has 0 bridgehead atoms. The molecule has 0 aromatic carbocycles. The van der Waals surface area contributed by atoms with Crippen molar-refractivity contribution in [1.82, 2.24) is 19.9 Å². The average Bonchev–Trinajstić information content (AvgIpc) is 3.04. The highest BCUT2D eigenvalue weighted by molar-refractivity contribution is 7.99. The van der Waals surface area contributed by atoms with Crippen molar-refractivity contribution in [1.29, 1.82) is 0 Å². The molecule has 3 aromatic rings. The van der Waals surface area contributed by atoms with Crippen molar-refractivity contribution in [3.05, 3.63) is 50.9 Å². The van der Waals surface area contributed by atoms with Gasteiger partial charge in [0.05, 0.1) is 23.4 Å². The normalized spacial score (nSPS) is 14.9. The first-order valence-electron chi connectivity index (χ1n) is 10.4. The van der Waals surface area contributed by atoms with Gasteiger partial charge in [-0.2, -0.15) is 0 Å². The van der Waals surface area contributed by atoms with E-state index in [0.29, 0.717) is 17.1 Å². The third-order valence-electron chi connectivity index (χ3n) is 5.60.